The Morgan fingerprint density at radius 1 is 1.28 bits per heavy atom. The van der Waals surface area contributed by atoms with Crippen LogP contribution in [0.1, 0.15) is 11.1 Å². The number of nitrogens with one attached hydrogen (secondary N) is 1. The van der Waals surface area contributed by atoms with Gasteiger partial charge in [0.2, 0.25) is 0 Å². The molecular weight excluding hydrogens is 248 g/mol. The van der Waals surface area contributed by atoms with Crippen molar-refractivity contribution in [2.75, 3.05) is 7.05 Å². The van der Waals surface area contributed by atoms with E-state index in [1.54, 1.807) is 12.4 Å². The summed E-state index contributed by atoms with van der Waals surface area (Å²) in [7, 11) is 1.90. The highest BCUT2D eigenvalue weighted by atomic mass is 35.5. The third-order valence-corrected chi connectivity index (χ3v) is 2.79. The van der Waals surface area contributed by atoms with E-state index in [1.165, 1.54) is 0 Å². The van der Waals surface area contributed by atoms with Crippen molar-refractivity contribution in [2.24, 2.45) is 0 Å². The lowest BCUT2D eigenvalue weighted by molar-refractivity contribution is 0.306. The molecule has 2 rings (SSSR count). The van der Waals surface area contributed by atoms with Crippen molar-refractivity contribution >= 4 is 11.6 Å². The number of aromatic nitrogens is 1. The monoisotopic (exact) mass is 262 g/mol. The zero-order chi connectivity index (χ0) is 12.8. The molecular formula is C14H15ClN2O. The van der Waals surface area contributed by atoms with Gasteiger partial charge in [0, 0.05) is 24.5 Å². The minimum Gasteiger partial charge on any atom is -0.487 e. The number of hydrogen-bond donors (Lipinski definition) is 1. The van der Waals surface area contributed by atoms with E-state index in [0.717, 1.165) is 17.7 Å². The SMILES string of the molecule is CNCc1ccc(OCc2cccnc2)c(Cl)c1. The Morgan fingerprint density at radius 3 is 2.83 bits per heavy atom. The quantitative estimate of drug-likeness (QED) is 0.899. The summed E-state index contributed by atoms with van der Waals surface area (Å²) < 4.78 is 5.66. The average molecular weight is 263 g/mol. The second kappa shape index (κ2) is 6.38. The summed E-state index contributed by atoms with van der Waals surface area (Å²) in [6.45, 7) is 1.27. The molecule has 1 N–H and O–H groups in total. The lowest BCUT2D eigenvalue weighted by atomic mass is 10.2. The first-order chi connectivity index (χ1) is 8.79. The molecule has 0 fully saturated rings. The predicted octanol–water partition coefficient (Wildman–Crippen LogP) is 3.03. The number of nitrogens with zero attached hydrogens (tertiary/aromatic N) is 1. The number of benzene rings is 1. The molecule has 0 spiro atoms. The van der Waals surface area contributed by atoms with E-state index in [1.807, 2.05) is 37.4 Å². The van der Waals surface area contributed by atoms with Crippen LogP contribution in [-0.4, -0.2) is 12.0 Å². The van der Waals surface area contributed by atoms with Gasteiger partial charge in [-0.1, -0.05) is 23.7 Å². The van der Waals surface area contributed by atoms with Crippen LogP contribution < -0.4 is 10.1 Å². The summed E-state index contributed by atoms with van der Waals surface area (Å²) in [6, 6.07) is 9.66. The van der Waals surface area contributed by atoms with E-state index >= 15 is 0 Å². The van der Waals surface area contributed by atoms with Gasteiger partial charge in [0.25, 0.3) is 0 Å². The van der Waals surface area contributed by atoms with Crippen molar-refractivity contribution in [1.82, 2.24) is 10.3 Å². The van der Waals surface area contributed by atoms with Crippen molar-refractivity contribution in [3.05, 3.63) is 58.9 Å². The molecule has 94 valence electrons. The highest BCUT2D eigenvalue weighted by Crippen LogP contribution is 2.26. The van der Waals surface area contributed by atoms with Crippen LogP contribution in [0.4, 0.5) is 0 Å². The Hall–Kier alpha value is -1.58. The molecule has 0 amide bonds. The van der Waals surface area contributed by atoms with Crippen LogP contribution in [0.5, 0.6) is 5.75 Å². The van der Waals surface area contributed by atoms with E-state index in [2.05, 4.69) is 10.3 Å². The normalized spacial score (nSPS) is 10.3. The molecule has 0 radical (unpaired) electrons. The molecule has 0 aliphatic carbocycles. The molecule has 0 aliphatic rings. The third kappa shape index (κ3) is 3.45. The van der Waals surface area contributed by atoms with Crippen LogP contribution in [0, 0.1) is 0 Å². The molecule has 4 heteroatoms. The topological polar surface area (TPSA) is 34.1 Å². The number of pyridine rings is 1. The van der Waals surface area contributed by atoms with Crippen LogP contribution in [0.25, 0.3) is 0 Å². The molecule has 0 unspecified atom stereocenters. The lowest BCUT2D eigenvalue weighted by Gasteiger charge is -2.09. The van der Waals surface area contributed by atoms with Gasteiger partial charge in [0.15, 0.2) is 0 Å². The fourth-order valence-electron chi connectivity index (χ4n) is 1.62. The van der Waals surface area contributed by atoms with E-state index in [9.17, 15) is 0 Å². The summed E-state index contributed by atoms with van der Waals surface area (Å²) >= 11 is 6.16. The average Bonchev–Trinajstić information content (AvgIpc) is 2.39. The highest BCUT2D eigenvalue weighted by molar-refractivity contribution is 6.32. The Balaban J connectivity index is 2.01. The first-order valence-electron chi connectivity index (χ1n) is 5.74. The largest absolute Gasteiger partial charge is 0.487 e. The van der Waals surface area contributed by atoms with Crippen LogP contribution in [-0.2, 0) is 13.2 Å². The van der Waals surface area contributed by atoms with Gasteiger partial charge in [-0.25, -0.2) is 0 Å². The number of rotatable bonds is 5. The Labute approximate surface area is 112 Å². The molecule has 0 atom stereocenters. The standard InChI is InChI=1S/C14H15ClN2O/c1-16-8-11-4-5-14(13(15)7-11)18-10-12-3-2-6-17-9-12/h2-7,9,16H,8,10H2,1H3. The summed E-state index contributed by atoms with van der Waals surface area (Å²) in [5.74, 6) is 0.695. The van der Waals surface area contributed by atoms with Crippen LogP contribution >= 0.6 is 11.6 Å². The summed E-state index contributed by atoms with van der Waals surface area (Å²) in [5, 5.41) is 3.71. The number of halogens is 1. The second-order valence-electron chi connectivity index (χ2n) is 3.95. The van der Waals surface area contributed by atoms with Crippen molar-refractivity contribution in [1.29, 1.82) is 0 Å². The van der Waals surface area contributed by atoms with Gasteiger partial charge in [-0.15, -0.1) is 0 Å². The lowest BCUT2D eigenvalue weighted by Crippen LogP contribution is -2.05. The van der Waals surface area contributed by atoms with Crippen molar-refractivity contribution < 1.29 is 4.74 Å². The fraction of sp³-hybridized carbons (Fsp3) is 0.214. The summed E-state index contributed by atoms with van der Waals surface area (Å²) in [4.78, 5) is 4.04. The fourth-order valence-corrected chi connectivity index (χ4v) is 1.88. The third-order valence-electron chi connectivity index (χ3n) is 2.49. The van der Waals surface area contributed by atoms with E-state index < -0.39 is 0 Å². The minimum atomic E-state index is 0.471. The van der Waals surface area contributed by atoms with Crippen LogP contribution in [0.2, 0.25) is 5.02 Å². The molecule has 0 saturated heterocycles. The molecule has 0 bridgehead atoms. The maximum atomic E-state index is 6.16. The second-order valence-corrected chi connectivity index (χ2v) is 4.35. The molecule has 1 aromatic carbocycles. The molecule has 2 aromatic rings. The first-order valence-corrected chi connectivity index (χ1v) is 6.12. The maximum absolute atomic E-state index is 6.16. The Morgan fingerprint density at radius 2 is 2.17 bits per heavy atom. The number of hydrogen-bond acceptors (Lipinski definition) is 3. The Kier molecular flexibility index (Phi) is 4.56. The van der Waals surface area contributed by atoms with Gasteiger partial charge in [-0.2, -0.15) is 0 Å². The van der Waals surface area contributed by atoms with Crippen molar-refractivity contribution in [2.45, 2.75) is 13.2 Å². The van der Waals surface area contributed by atoms with E-state index in [0.29, 0.717) is 17.4 Å². The van der Waals surface area contributed by atoms with Crippen molar-refractivity contribution in [3.63, 3.8) is 0 Å². The molecule has 0 aliphatic heterocycles. The van der Waals surface area contributed by atoms with Crippen LogP contribution in [0.15, 0.2) is 42.7 Å². The minimum absolute atomic E-state index is 0.471. The van der Waals surface area contributed by atoms with Crippen LogP contribution in [0.3, 0.4) is 0 Å². The zero-order valence-corrected chi connectivity index (χ0v) is 10.9. The van der Waals surface area contributed by atoms with Gasteiger partial charge < -0.3 is 10.1 Å². The maximum Gasteiger partial charge on any atom is 0.138 e. The summed E-state index contributed by atoms with van der Waals surface area (Å²) in [6.07, 6.45) is 3.52. The number of ether oxygens (including phenoxy) is 1. The van der Waals surface area contributed by atoms with E-state index in [-0.39, 0.29) is 0 Å². The van der Waals surface area contributed by atoms with Gasteiger partial charge in [0.1, 0.15) is 12.4 Å². The van der Waals surface area contributed by atoms with Gasteiger partial charge in [0.05, 0.1) is 5.02 Å². The molecule has 3 nitrogen and oxygen atoms in total. The summed E-state index contributed by atoms with van der Waals surface area (Å²) in [5.41, 5.74) is 2.16. The molecule has 0 saturated carbocycles. The van der Waals surface area contributed by atoms with Crippen molar-refractivity contribution in [3.8, 4) is 5.75 Å². The molecule has 18 heavy (non-hydrogen) atoms. The molecule has 1 aromatic heterocycles. The first kappa shape index (κ1) is 12.9. The van der Waals surface area contributed by atoms with Gasteiger partial charge >= 0.3 is 0 Å². The van der Waals surface area contributed by atoms with Gasteiger partial charge in [-0.05, 0) is 30.8 Å². The highest BCUT2D eigenvalue weighted by Gasteiger charge is 2.03. The molecule has 1 heterocycles. The van der Waals surface area contributed by atoms with E-state index in [4.69, 9.17) is 16.3 Å². The Bertz CT molecular complexity index is 502. The predicted molar refractivity (Wildman–Crippen MR) is 72.8 cm³/mol. The van der Waals surface area contributed by atoms with Gasteiger partial charge in [-0.3, -0.25) is 4.98 Å². The smallest absolute Gasteiger partial charge is 0.138 e. The zero-order valence-electron chi connectivity index (χ0n) is 10.2.